The van der Waals surface area contributed by atoms with E-state index >= 15 is 0 Å². The molecule has 0 atom stereocenters. The first-order valence-corrected chi connectivity index (χ1v) is 12.2. The Labute approximate surface area is 189 Å². The van der Waals surface area contributed by atoms with Crippen LogP contribution in [0.4, 0.5) is 0 Å². The number of halogens is 1. The highest BCUT2D eigenvalue weighted by molar-refractivity contribution is 7.89. The van der Waals surface area contributed by atoms with Crippen LogP contribution in [0, 0.1) is 0 Å². The molecule has 1 amide bonds. The fourth-order valence-electron chi connectivity index (χ4n) is 3.76. The van der Waals surface area contributed by atoms with Gasteiger partial charge in [-0.15, -0.1) is 0 Å². The van der Waals surface area contributed by atoms with Crippen molar-refractivity contribution in [3.05, 3.63) is 58.6 Å². The Hall–Kier alpha value is -2.09. The van der Waals surface area contributed by atoms with Gasteiger partial charge in [-0.05, 0) is 48.7 Å². The number of carbonyl (C=O) groups is 1. The maximum atomic E-state index is 12.9. The summed E-state index contributed by atoms with van der Waals surface area (Å²) in [5.41, 5.74) is 0.974. The van der Waals surface area contributed by atoms with Gasteiger partial charge in [-0.25, -0.2) is 13.1 Å². The molecular weight excluding hydrogens is 436 g/mol. The van der Waals surface area contributed by atoms with Crippen molar-refractivity contribution in [2.24, 2.45) is 0 Å². The Balaban J connectivity index is 1.76. The number of methoxy groups -OCH3 is 1. The van der Waals surface area contributed by atoms with E-state index < -0.39 is 10.0 Å². The third-order valence-electron chi connectivity index (χ3n) is 5.71. The van der Waals surface area contributed by atoms with E-state index in [1.807, 2.05) is 38.1 Å². The minimum absolute atomic E-state index is 0.0217. The molecule has 2 aromatic carbocycles. The summed E-state index contributed by atoms with van der Waals surface area (Å²) >= 11 is 5.96. The average Bonchev–Trinajstić information content (AvgIpc) is 3.24. The molecule has 0 unspecified atom stereocenters. The van der Waals surface area contributed by atoms with Crippen LogP contribution in [0.3, 0.4) is 0 Å². The molecule has 0 radical (unpaired) electrons. The molecule has 1 fully saturated rings. The van der Waals surface area contributed by atoms with Crippen LogP contribution in [-0.2, 0) is 15.4 Å². The number of sulfonamides is 1. The minimum atomic E-state index is -3.80. The molecule has 2 N–H and O–H groups in total. The van der Waals surface area contributed by atoms with E-state index in [2.05, 4.69) is 10.0 Å². The Bertz CT molecular complexity index is 1030. The van der Waals surface area contributed by atoms with E-state index in [0.717, 1.165) is 31.2 Å². The van der Waals surface area contributed by atoms with Gasteiger partial charge >= 0.3 is 0 Å². The van der Waals surface area contributed by atoms with E-state index in [4.69, 9.17) is 16.3 Å². The summed E-state index contributed by atoms with van der Waals surface area (Å²) in [7, 11) is -2.39. The molecule has 31 heavy (non-hydrogen) atoms. The highest BCUT2D eigenvalue weighted by Crippen LogP contribution is 2.28. The summed E-state index contributed by atoms with van der Waals surface area (Å²) in [5, 5.41) is 3.57. The van der Waals surface area contributed by atoms with Gasteiger partial charge in [-0.2, -0.15) is 0 Å². The van der Waals surface area contributed by atoms with Crippen LogP contribution in [0.1, 0.15) is 55.5 Å². The van der Waals surface area contributed by atoms with E-state index in [9.17, 15) is 13.2 Å². The number of benzene rings is 2. The smallest absolute Gasteiger partial charge is 0.251 e. The van der Waals surface area contributed by atoms with Crippen LogP contribution in [0.5, 0.6) is 5.75 Å². The van der Waals surface area contributed by atoms with Crippen molar-refractivity contribution < 1.29 is 17.9 Å². The molecule has 0 saturated heterocycles. The molecule has 3 rings (SSSR count). The highest BCUT2D eigenvalue weighted by Gasteiger charge is 2.27. The molecule has 168 valence electrons. The van der Waals surface area contributed by atoms with Gasteiger partial charge in [-0.3, -0.25) is 4.79 Å². The van der Waals surface area contributed by atoms with E-state index in [1.165, 1.54) is 19.2 Å². The second-order valence-electron chi connectivity index (χ2n) is 8.54. The lowest BCUT2D eigenvalue weighted by Gasteiger charge is -2.26. The van der Waals surface area contributed by atoms with Crippen LogP contribution in [-0.4, -0.2) is 34.0 Å². The van der Waals surface area contributed by atoms with Crippen LogP contribution in [0.15, 0.2) is 47.4 Å². The zero-order chi connectivity index (χ0) is 22.6. The SMILES string of the molecule is COc1ccc(C(=O)NCC(C)(C)c2ccc(Cl)cc2)cc1S(=O)(=O)NC1CCCC1. The summed E-state index contributed by atoms with van der Waals surface area (Å²) < 4.78 is 33.9. The number of hydrogen-bond acceptors (Lipinski definition) is 4. The van der Waals surface area contributed by atoms with Crippen LogP contribution in [0.25, 0.3) is 0 Å². The van der Waals surface area contributed by atoms with Gasteiger partial charge in [0.1, 0.15) is 10.6 Å². The maximum Gasteiger partial charge on any atom is 0.251 e. The monoisotopic (exact) mass is 464 g/mol. The molecule has 0 bridgehead atoms. The van der Waals surface area contributed by atoms with Gasteiger partial charge in [0.2, 0.25) is 10.0 Å². The maximum absolute atomic E-state index is 12.9. The number of hydrogen-bond donors (Lipinski definition) is 2. The third kappa shape index (κ3) is 5.79. The lowest BCUT2D eigenvalue weighted by atomic mass is 9.84. The Morgan fingerprint density at radius 3 is 2.39 bits per heavy atom. The molecule has 0 aliphatic heterocycles. The molecule has 0 aromatic heterocycles. The van der Waals surface area contributed by atoms with Crippen molar-refractivity contribution in [2.45, 2.75) is 55.9 Å². The first kappa shape index (κ1) is 23.6. The Morgan fingerprint density at radius 2 is 1.77 bits per heavy atom. The molecule has 1 aliphatic rings. The largest absolute Gasteiger partial charge is 0.495 e. The lowest BCUT2D eigenvalue weighted by molar-refractivity contribution is 0.0945. The van der Waals surface area contributed by atoms with Gasteiger partial charge in [-0.1, -0.05) is 50.4 Å². The molecule has 0 spiro atoms. The fraction of sp³-hybridized carbons (Fsp3) is 0.435. The van der Waals surface area contributed by atoms with Gasteiger partial charge < -0.3 is 10.1 Å². The molecule has 1 aliphatic carbocycles. The molecule has 1 saturated carbocycles. The lowest BCUT2D eigenvalue weighted by Crippen LogP contribution is -2.37. The number of rotatable bonds is 8. The first-order chi connectivity index (χ1) is 14.6. The summed E-state index contributed by atoms with van der Waals surface area (Å²) in [6.45, 7) is 4.42. The standard InChI is InChI=1S/C23H29ClN2O4S/c1-23(2,17-9-11-18(24)12-10-17)15-25-22(27)16-8-13-20(30-3)21(14-16)31(28,29)26-19-6-4-5-7-19/h8-14,19,26H,4-7,15H2,1-3H3,(H,25,27). The van der Waals surface area contributed by atoms with Crippen molar-refractivity contribution in [3.63, 3.8) is 0 Å². The third-order valence-corrected chi connectivity index (χ3v) is 7.50. The number of amides is 1. The van der Waals surface area contributed by atoms with Gasteiger partial charge in [0.05, 0.1) is 7.11 Å². The van der Waals surface area contributed by atoms with E-state index in [-0.39, 0.29) is 33.6 Å². The second kappa shape index (κ2) is 9.59. The number of nitrogens with one attached hydrogen (secondary N) is 2. The molecule has 0 heterocycles. The Kier molecular flexibility index (Phi) is 7.29. The Morgan fingerprint density at radius 1 is 1.13 bits per heavy atom. The van der Waals surface area contributed by atoms with Gasteiger partial charge in [0.25, 0.3) is 5.91 Å². The van der Waals surface area contributed by atoms with Crippen LogP contribution >= 0.6 is 11.6 Å². The average molecular weight is 465 g/mol. The molecule has 2 aromatic rings. The van der Waals surface area contributed by atoms with E-state index in [0.29, 0.717) is 11.6 Å². The summed E-state index contributed by atoms with van der Waals surface area (Å²) in [5.74, 6) is -0.134. The summed E-state index contributed by atoms with van der Waals surface area (Å²) in [6, 6.07) is 11.9. The van der Waals surface area contributed by atoms with E-state index in [1.54, 1.807) is 6.07 Å². The van der Waals surface area contributed by atoms with Crippen molar-refractivity contribution in [2.75, 3.05) is 13.7 Å². The zero-order valence-corrected chi connectivity index (χ0v) is 19.6. The minimum Gasteiger partial charge on any atom is -0.495 e. The van der Waals surface area contributed by atoms with Crippen molar-refractivity contribution >= 4 is 27.5 Å². The number of carbonyl (C=O) groups excluding carboxylic acids is 1. The van der Waals surface area contributed by atoms with Crippen LogP contribution < -0.4 is 14.8 Å². The topological polar surface area (TPSA) is 84.5 Å². The van der Waals surface area contributed by atoms with Crippen molar-refractivity contribution in [3.8, 4) is 5.75 Å². The normalized spacial score (nSPS) is 15.1. The predicted octanol–water partition coefficient (Wildman–Crippen LogP) is 4.28. The summed E-state index contributed by atoms with van der Waals surface area (Å²) in [6.07, 6.45) is 3.66. The fourth-order valence-corrected chi connectivity index (χ4v) is 5.39. The van der Waals surface area contributed by atoms with Crippen molar-refractivity contribution in [1.82, 2.24) is 10.0 Å². The van der Waals surface area contributed by atoms with Gasteiger partial charge in [0.15, 0.2) is 0 Å². The summed E-state index contributed by atoms with van der Waals surface area (Å²) in [4.78, 5) is 12.8. The predicted molar refractivity (Wildman–Crippen MR) is 122 cm³/mol. The molecule has 6 nitrogen and oxygen atoms in total. The quantitative estimate of drug-likeness (QED) is 0.610. The van der Waals surface area contributed by atoms with Gasteiger partial charge in [0, 0.05) is 28.6 Å². The highest BCUT2D eigenvalue weighted by atomic mass is 35.5. The number of ether oxygens (including phenoxy) is 1. The first-order valence-electron chi connectivity index (χ1n) is 10.4. The van der Waals surface area contributed by atoms with Crippen molar-refractivity contribution in [1.29, 1.82) is 0 Å². The zero-order valence-electron chi connectivity index (χ0n) is 18.1. The molecule has 8 heteroatoms. The van der Waals surface area contributed by atoms with Crippen LogP contribution in [0.2, 0.25) is 5.02 Å². The molecular formula is C23H29ClN2O4S. The second-order valence-corrected chi connectivity index (χ2v) is 10.7.